The van der Waals surface area contributed by atoms with E-state index < -0.39 is 0 Å². The van der Waals surface area contributed by atoms with Crippen LogP contribution in [-0.2, 0) is 13.0 Å². The van der Waals surface area contributed by atoms with E-state index in [1.54, 1.807) is 49.7 Å². The van der Waals surface area contributed by atoms with Crippen molar-refractivity contribution in [3.8, 4) is 11.5 Å². The number of rotatable bonds is 9. The molecule has 1 aromatic heterocycles. The molecule has 1 fully saturated rings. The maximum absolute atomic E-state index is 14.2. The second kappa shape index (κ2) is 12.1. The smallest absolute Gasteiger partial charge is 0.282 e. The molecule has 1 aliphatic rings. The number of nitrogens with zero attached hydrogens (tertiary/aromatic N) is 3. The number of benzene rings is 3. The molecule has 1 aliphatic carbocycles. The molecule has 0 aliphatic heterocycles. The fraction of sp³-hybridized carbons (Fsp3) is 0.281. The van der Waals surface area contributed by atoms with Gasteiger partial charge in [-0.05, 0) is 55.2 Å². The highest BCUT2D eigenvalue weighted by Gasteiger charge is 2.22. The lowest BCUT2D eigenvalue weighted by Crippen LogP contribution is -2.25. The molecular formula is C32H32FN3O3. The molecule has 1 heterocycles. The van der Waals surface area contributed by atoms with E-state index in [0.29, 0.717) is 40.2 Å². The van der Waals surface area contributed by atoms with Gasteiger partial charge >= 0.3 is 0 Å². The summed E-state index contributed by atoms with van der Waals surface area (Å²) in [5.41, 5.74) is 2.52. The summed E-state index contributed by atoms with van der Waals surface area (Å²) in [5, 5.41) is 5.20. The summed E-state index contributed by atoms with van der Waals surface area (Å²) in [6.07, 6.45) is 9.35. The Morgan fingerprint density at radius 2 is 1.85 bits per heavy atom. The minimum absolute atomic E-state index is 0.0590. The van der Waals surface area contributed by atoms with Crippen LogP contribution in [0.1, 0.15) is 60.5 Å². The molecule has 0 bridgehead atoms. The molecule has 0 saturated heterocycles. The third-order valence-corrected chi connectivity index (χ3v) is 7.14. The predicted molar refractivity (Wildman–Crippen MR) is 152 cm³/mol. The number of fused-ring (bicyclic) bond motifs is 1. The number of hydrogen-bond donors (Lipinski definition) is 0. The molecule has 3 aromatic carbocycles. The zero-order valence-electron chi connectivity index (χ0n) is 22.1. The highest BCUT2D eigenvalue weighted by Crippen LogP contribution is 2.35. The van der Waals surface area contributed by atoms with Gasteiger partial charge in [0.1, 0.15) is 18.2 Å². The highest BCUT2D eigenvalue weighted by molar-refractivity contribution is 5.82. The minimum atomic E-state index is -0.325. The summed E-state index contributed by atoms with van der Waals surface area (Å²) in [5.74, 6) is 1.58. The lowest BCUT2D eigenvalue weighted by Gasteiger charge is -2.22. The van der Waals surface area contributed by atoms with Gasteiger partial charge in [-0.25, -0.2) is 9.37 Å². The summed E-state index contributed by atoms with van der Waals surface area (Å²) in [7, 11) is 1.56. The van der Waals surface area contributed by atoms with E-state index in [9.17, 15) is 9.18 Å². The van der Waals surface area contributed by atoms with Gasteiger partial charge < -0.3 is 9.47 Å². The van der Waals surface area contributed by atoms with Crippen LogP contribution in [-0.4, -0.2) is 23.0 Å². The Balaban J connectivity index is 1.53. The van der Waals surface area contributed by atoms with Gasteiger partial charge in [-0.15, -0.1) is 6.58 Å². The molecule has 0 unspecified atom stereocenters. The quantitative estimate of drug-likeness (QED) is 0.178. The van der Waals surface area contributed by atoms with E-state index in [0.717, 1.165) is 36.8 Å². The van der Waals surface area contributed by atoms with Crippen LogP contribution in [0.15, 0.2) is 83.2 Å². The second-order valence-corrected chi connectivity index (χ2v) is 9.77. The minimum Gasteiger partial charge on any atom is -0.493 e. The van der Waals surface area contributed by atoms with E-state index in [-0.39, 0.29) is 23.9 Å². The molecule has 0 radical (unpaired) electrons. The number of aromatic nitrogens is 2. The number of allylic oxidation sites excluding steroid dienone is 1. The topological polar surface area (TPSA) is 65.7 Å². The molecular weight excluding hydrogens is 493 g/mol. The van der Waals surface area contributed by atoms with Crippen LogP contribution in [0.2, 0.25) is 0 Å². The number of methoxy groups -OCH3 is 1. The molecule has 6 nitrogen and oxygen atoms in total. The van der Waals surface area contributed by atoms with Crippen molar-refractivity contribution in [1.82, 2.24) is 9.66 Å². The van der Waals surface area contributed by atoms with E-state index in [1.165, 1.54) is 17.2 Å². The molecule has 0 N–H and O–H groups in total. The normalized spacial score (nSPS) is 14.1. The van der Waals surface area contributed by atoms with Crippen molar-refractivity contribution in [2.45, 2.75) is 51.0 Å². The lowest BCUT2D eigenvalue weighted by atomic mass is 9.88. The first-order valence-corrected chi connectivity index (χ1v) is 13.3. The molecule has 0 amide bonds. The number of hydrogen-bond acceptors (Lipinski definition) is 5. The van der Waals surface area contributed by atoms with Gasteiger partial charge in [0, 0.05) is 17.0 Å². The fourth-order valence-electron chi connectivity index (χ4n) is 5.15. The van der Waals surface area contributed by atoms with Crippen molar-refractivity contribution >= 4 is 17.1 Å². The first-order chi connectivity index (χ1) is 19.1. The second-order valence-electron chi connectivity index (χ2n) is 9.77. The monoisotopic (exact) mass is 525 g/mol. The van der Waals surface area contributed by atoms with Crippen LogP contribution in [0.3, 0.4) is 0 Å². The van der Waals surface area contributed by atoms with E-state index in [1.807, 2.05) is 24.3 Å². The van der Waals surface area contributed by atoms with Crippen molar-refractivity contribution in [3.63, 3.8) is 0 Å². The van der Waals surface area contributed by atoms with Crippen LogP contribution in [0.4, 0.5) is 4.39 Å². The van der Waals surface area contributed by atoms with Crippen LogP contribution >= 0.6 is 0 Å². The number of ether oxygens (including phenoxy) is 2. The highest BCUT2D eigenvalue weighted by atomic mass is 19.1. The van der Waals surface area contributed by atoms with Crippen LogP contribution in [0, 0.1) is 5.82 Å². The van der Waals surface area contributed by atoms with Gasteiger partial charge in [-0.3, -0.25) is 4.79 Å². The van der Waals surface area contributed by atoms with Crippen molar-refractivity contribution in [2.24, 2.45) is 5.10 Å². The zero-order chi connectivity index (χ0) is 27.2. The third kappa shape index (κ3) is 5.77. The Bertz CT molecular complexity index is 1570. The first kappa shape index (κ1) is 26.4. The Kier molecular flexibility index (Phi) is 8.16. The van der Waals surface area contributed by atoms with Gasteiger partial charge in [0.2, 0.25) is 0 Å². The van der Waals surface area contributed by atoms with Gasteiger partial charge in [0.15, 0.2) is 11.5 Å². The SMILES string of the molecule is C=CCc1cc(C=Nn2c(C3CCCCC3)nc3ccccc3c2=O)cc(OC)c1OCc1ccccc1F. The summed E-state index contributed by atoms with van der Waals surface area (Å²) >= 11 is 0. The van der Waals surface area contributed by atoms with Gasteiger partial charge in [0.05, 0.1) is 24.2 Å². The molecule has 1 saturated carbocycles. The van der Waals surface area contributed by atoms with E-state index >= 15 is 0 Å². The van der Waals surface area contributed by atoms with Gasteiger partial charge in [-0.1, -0.05) is 55.7 Å². The average molecular weight is 526 g/mol. The molecule has 39 heavy (non-hydrogen) atoms. The number of para-hydroxylation sites is 1. The maximum Gasteiger partial charge on any atom is 0.282 e. The van der Waals surface area contributed by atoms with Crippen molar-refractivity contribution < 1.29 is 13.9 Å². The first-order valence-electron chi connectivity index (χ1n) is 13.3. The largest absolute Gasteiger partial charge is 0.493 e. The Morgan fingerprint density at radius 1 is 1.08 bits per heavy atom. The maximum atomic E-state index is 14.2. The Hall–Kier alpha value is -4.26. The van der Waals surface area contributed by atoms with E-state index in [4.69, 9.17) is 14.5 Å². The molecule has 0 spiro atoms. The fourth-order valence-corrected chi connectivity index (χ4v) is 5.15. The Morgan fingerprint density at radius 3 is 2.62 bits per heavy atom. The lowest BCUT2D eigenvalue weighted by molar-refractivity contribution is 0.277. The van der Waals surface area contributed by atoms with Gasteiger partial charge in [-0.2, -0.15) is 9.78 Å². The molecule has 0 atom stereocenters. The molecule has 5 rings (SSSR count). The van der Waals surface area contributed by atoms with Crippen molar-refractivity contribution in [1.29, 1.82) is 0 Å². The summed E-state index contributed by atoms with van der Waals surface area (Å²) in [6, 6.07) is 17.6. The number of halogens is 1. The van der Waals surface area contributed by atoms with Crippen molar-refractivity contribution in [3.05, 3.63) is 112 Å². The molecule has 4 aromatic rings. The average Bonchev–Trinajstić information content (AvgIpc) is 2.97. The van der Waals surface area contributed by atoms with Crippen molar-refractivity contribution in [2.75, 3.05) is 7.11 Å². The summed E-state index contributed by atoms with van der Waals surface area (Å²) in [6.45, 7) is 3.93. The Labute approximate surface area is 227 Å². The van der Waals surface area contributed by atoms with Crippen LogP contribution in [0.5, 0.6) is 11.5 Å². The standard InChI is InChI=1S/C32H32FN3O3/c1-3-11-24-18-22(19-29(38-2)30(24)39-21-25-14-7-9-16-27(25)33)20-34-36-31(23-12-5-4-6-13-23)35-28-17-10-8-15-26(28)32(36)37/h3,7-10,14-20,23H,1,4-6,11-13,21H2,2H3. The molecule has 200 valence electrons. The molecule has 7 heteroatoms. The summed E-state index contributed by atoms with van der Waals surface area (Å²) < 4.78 is 27.3. The predicted octanol–water partition coefficient (Wildman–Crippen LogP) is 6.78. The third-order valence-electron chi connectivity index (χ3n) is 7.14. The summed E-state index contributed by atoms with van der Waals surface area (Å²) in [4.78, 5) is 18.4. The van der Waals surface area contributed by atoms with Gasteiger partial charge in [0.25, 0.3) is 5.56 Å². The van der Waals surface area contributed by atoms with Crippen LogP contribution in [0.25, 0.3) is 10.9 Å². The van der Waals surface area contributed by atoms with Crippen LogP contribution < -0.4 is 15.0 Å². The zero-order valence-corrected chi connectivity index (χ0v) is 22.1. The van der Waals surface area contributed by atoms with E-state index in [2.05, 4.69) is 11.7 Å².